The van der Waals surface area contributed by atoms with Gasteiger partial charge in [0, 0.05) is 0 Å². The van der Waals surface area contributed by atoms with Gasteiger partial charge in [0.15, 0.2) is 0 Å². The van der Waals surface area contributed by atoms with Crippen molar-refractivity contribution in [1.29, 1.82) is 0 Å². The summed E-state index contributed by atoms with van der Waals surface area (Å²) in [7, 11) is 0. The molecule has 2 nitrogen and oxygen atoms in total. The van der Waals surface area contributed by atoms with Crippen LogP contribution in [0.3, 0.4) is 0 Å². The highest BCUT2D eigenvalue weighted by atomic mass is 35.5. The van der Waals surface area contributed by atoms with Gasteiger partial charge in [-0.15, -0.1) is 0 Å². The molecule has 0 bridgehead atoms. The van der Waals surface area contributed by atoms with Crippen molar-refractivity contribution in [1.82, 2.24) is 0 Å². The first-order valence-electron chi connectivity index (χ1n) is 4.75. The molecule has 1 aromatic rings. The Kier molecular flexibility index (Phi) is 3.58. The predicted octanol–water partition coefficient (Wildman–Crippen LogP) is 3.05. The molecule has 0 aromatic heterocycles. The van der Waals surface area contributed by atoms with Gasteiger partial charge in [0.1, 0.15) is 5.82 Å². The Hall–Kier alpha value is -0.800. The standard InChI is InChI=1S/C11H15ClFNO/c1-7(11(2,3)15)14-10-8(12)5-4-6-9(10)13/h4-7,14-15H,1-3H3. The lowest BCUT2D eigenvalue weighted by Crippen LogP contribution is -2.39. The molecule has 0 aliphatic heterocycles. The first kappa shape index (κ1) is 12.3. The summed E-state index contributed by atoms with van der Waals surface area (Å²) < 4.78 is 13.4. The zero-order valence-electron chi connectivity index (χ0n) is 9.01. The normalized spacial score (nSPS) is 13.7. The Morgan fingerprint density at radius 1 is 1.47 bits per heavy atom. The fourth-order valence-corrected chi connectivity index (χ4v) is 1.25. The number of aliphatic hydroxyl groups is 1. The van der Waals surface area contributed by atoms with Gasteiger partial charge in [0.05, 0.1) is 22.4 Å². The SMILES string of the molecule is CC(Nc1c(F)cccc1Cl)C(C)(C)O. The topological polar surface area (TPSA) is 32.3 Å². The van der Waals surface area contributed by atoms with Gasteiger partial charge < -0.3 is 10.4 Å². The van der Waals surface area contributed by atoms with Crippen molar-refractivity contribution in [2.75, 3.05) is 5.32 Å². The smallest absolute Gasteiger partial charge is 0.147 e. The van der Waals surface area contributed by atoms with E-state index in [2.05, 4.69) is 5.32 Å². The van der Waals surface area contributed by atoms with Gasteiger partial charge in [0.2, 0.25) is 0 Å². The van der Waals surface area contributed by atoms with Gasteiger partial charge in [-0.3, -0.25) is 0 Å². The molecule has 0 heterocycles. The zero-order valence-corrected chi connectivity index (χ0v) is 9.77. The molecule has 0 fully saturated rings. The van der Waals surface area contributed by atoms with Crippen molar-refractivity contribution in [3.63, 3.8) is 0 Å². The number of rotatable bonds is 3. The molecular formula is C11H15ClFNO. The van der Waals surface area contributed by atoms with Crippen LogP contribution >= 0.6 is 11.6 Å². The summed E-state index contributed by atoms with van der Waals surface area (Å²) in [5.41, 5.74) is -0.709. The van der Waals surface area contributed by atoms with Gasteiger partial charge in [-0.2, -0.15) is 0 Å². The van der Waals surface area contributed by atoms with Crippen molar-refractivity contribution < 1.29 is 9.50 Å². The molecule has 1 rings (SSSR count). The molecule has 84 valence electrons. The van der Waals surface area contributed by atoms with Crippen molar-refractivity contribution in [3.05, 3.63) is 29.0 Å². The third-order valence-electron chi connectivity index (χ3n) is 2.38. The lowest BCUT2D eigenvalue weighted by atomic mass is 10.0. The molecule has 0 aliphatic rings. The molecule has 0 amide bonds. The van der Waals surface area contributed by atoms with Crippen molar-refractivity contribution in [2.24, 2.45) is 0 Å². The average Bonchev–Trinajstić information content (AvgIpc) is 2.09. The largest absolute Gasteiger partial charge is 0.388 e. The highest BCUT2D eigenvalue weighted by molar-refractivity contribution is 6.33. The summed E-state index contributed by atoms with van der Waals surface area (Å²) in [6.07, 6.45) is 0. The summed E-state index contributed by atoms with van der Waals surface area (Å²) >= 11 is 5.84. The van der Waals surface area contributed by atoms with E-state index in [0.717, 1.165) is 0 Å². The molecule has 2 N–H and O–H groups in total. The van der Waals surface area contributed by atoms with Crippen LogP contribution < -0.4 is 5.32 Å². The van der Waals surface area contributed by atoms with Gasteiger partial charge in [-0.05, 0) is 32.9 Å². The van der Waals surface area contributed by atoms with Gasteiger partial charge in [-0.1, -0.05) is 17.7 Å². The molecule has 0 saturated carbocycles. The van der Waals surface area contributed by atoms with Crippen LogP contribution in [-0.2, 0) is 0 Å². The fraction of sp³-hybridized carbons (Fsp3) is 0.455. The van der Waals surface area contributed by atoms with E-state index < -0.39 is 11.4 Å². The lowest BCUT2D eigenvalue weighted by Gasteiger charge is -2.28. The third-order valence-corrected chi connectivity index (χ3v) is 2.70. The summed E-state index contributed by atoms with van der Waals surface area (Å²) in [6, 6.07) is 4.17. The molecular weight excluding hydrogens is 217 g/mol. The summed E-state index contributed by atoms with van der Waals surface area (Å²) in [5.74, 6) is -0.418. The fourth-order valence-electron chi connectivity index (χ4n) is 1.03. The van der Waals surface area contributed by atoms with Crippen LogP contribution in [0.15, 0.2) is 18.2 Å². The van der Waals surface area contributed by atoms with E-state index >= 15 is 0 Å². The van der Waals surface area contributed by atoms with E-state index in [1.807, 2.05) is 0 Å². The second kappa shape index (κ2) is 4.37. The molecule has 1 aromatic carbocycles. The number of hydrogen-bond donors (Lipinski definition) is 2. The minimum Gasteiger partial charge on any atom is -0.388 e. The maximum atomic E-state index is 13.4. The number of para-hydroxylation sites is 1. The van der Waals surface area contributed by atoms with E-state index in [1.165, 1.54) is 12.1 Å². The van der Waals surface area contributed by atoms with Gasteiger partial charge in [0.25, 0.3) is 0 Å². The Bertz CT molecular complexity index is 329. The average molecular weight is 232 g/mol. The molecule has 0 saturated heterocycles. The number of halogens is 2. The van der Waals surface area contributed by atoms with E-state index in [-0.39, 0.29) is 11.7 Å². The highest BCUT2D eigenvalue weighted by Crippen LogP contribution is 2.26. The first-order valence-corrected chi connectivity index (χ1v) is 5.13. The number of nitrogens with one attached hydrogen (secondary N) is 1. The minimum atomic E-state index is -0.939. The van der Waals surface area contributed by atoms with Crippen molar-refractivity contribution in [2.45, 2.75) is 32.4 Å². The monoisotopic (exact) mass is 231 g/mol. The summed E-state index contributed by atoms with van der Waals surface area (Å²) in [6.45, 7) is 5.07. The second-order valence-electron chi connectivity index (χ2n) is 4.12. The molecule has 0 radical (unpaired) electrons. The molecule has 1 atom stereocenters. The second-order valence-corrected chi connectivity index (χ2v) is 4.52. The number of anilines is 1. The maximum absolute atomic E-state index is 13.4. The Balaban J connectivity index is 2.90. The van der Waals surface area contributed by atoms with Crippen LogP contribution in [0, 0.1) is 5.82 Å². The van der Waals surface area contributed by atoms with Crippen LogP contribution in [0.4, 0.5) is 10.1 Å². The third kappa shape index (κ3) is 3.08. The quantitative estimate of drug-likeness (QED) is 0.838. The van der Waals surface area contributed by atoms with E-state index in [1.54, 1.807) is 26.8 Å². The van der Waals surface area contributed by atoms with Crippen molar-refractivity contribution in [3.8, 4) is 0 Å². The van der Waals surface area contributed by atoms with Crippen LogP contribution in [0.1, 0.15) is 20.8 Å². The van der Waals surface area contributed by atoms with E-state index in [0.29, 0.717) is 5.02 Å². The van der Waals surface area contributed by atoms with Gasteiger partial charge in [-0.25, -0.2) is 4.39 Å². The number of benzene rings is 1. The van der Waals surface area contributed by atoms with E-state index in [9.17, 15) is 9.50 Å². The molecule has 15 heavy (non-hydrogen) atoms. The van der Waals surface area contributed by atoms with Crippen LogP contribution in [0.25, 0.3) is 0 Å². The van der Waals surface area contributed by atoms with Crippen LogP contribution in [-0.4, -0.2) is 16.7 Å². The van der Waals surface area contributed by atoms with Gasteiger partial charge >= 0.3 is 0 Å². The molecule has 0 spiro atoms. The summed E-state index contributed by atoms with van der Waals surface area (Å²) in [5, 5.41) is 12.9. The molecule has 1 unspecified atom stereocenters. The minimum absolute atomic E-state index is 0.230. The lowest BCUT2D eigenvalue weighted by molar-refractivity contribution is 0.0648. The first-order chi connectivity index (χ1) is 6.82. The zero-order chi connectivity index (χ0) is 11.6. The molecule has 4 heteroatoms. The molecule has 0 aliphatic carbocycles. The Morgan fingerprint density at radius 2 is 2.07 bits per heavy atom. The maximum Gasteiger partial charge on any atom is 0.147 e. The van der Waals surface area contributed by atoms with Crippen LogP contribution in [0.5, 0.6) is 0 Å². The van der Waals surface area contributed by atoms with Crippen LogP contribution in [0.2, 0.25) is 5.02 Å². The Labute approximate surface area is 94.1 Å². The van der Waals surface area contributed by atoms with E-state index in [4.69, 9.17) is 11.6 Å². The predicted molar refractivity (Wildman–Crippen MR) is 60.8 cm³/mol. The van der Waals surface area contributed by atoms with Crippen molar-refractivity contribution >= 4 is 17.3 Å². The summed E-state index contributed by atoms with van der Waals surface area (Å²) in [4.78, 5) is 0. The highest BCUT2D eigenvalue weighted by Gasteiger charge is 2.23. The number of hydrogen-bond acceptors (Lipinski definition) is 2. The Morgan fingerprint density at radius 3 is 2.53 bits per heavy atom.